The summed E-state index contributed by atoms with van der Waals surface area (Å²) in [5.41, 5.74) is 3.07. The maximum Gasteiger partial charge on any atom is 0.172 e. The van der Waals surface area contributed by atoms with Crippen LogP contribution in [0.4, 0.5) is 5.82 Å². The van der Waals surface area contributed by atoms with Crippen molar-refractivity contribution in [3.8, 4) is 11.3 Å². The van der Waals surface area contributed by atoms with Gasteiger partial charge in [-0.3, -0.25) is 0 Å². The first kappa shape index (κ1) is 26.0. The predicted octanol–water partition coefficient (Wildman–Crippen LogP) is 7.93. The highest BCUT2D eigenvalue weighted by Gasteiger charge is 2.35. The smallest absolute Gasteiger partial charge is 0.172 e. The van der Waals surface area contributed by atoms with Gasteiger partial charge in [-0.25, -0.2) is 4.98 Å². The molecule has 1 atom stereocenters. The monoisotopic (exact) mass is 571 g/mol. The molecule has 1 aromatic carbocycles. The zero-order valence-electron chi connectivity index (χ0n) is 21.8. The highest BCUT2D eigenvalue weighted by atomic mass is 79.9. The van der Waals surface area contributed by atoms with E-state index in [4.69, 9.17) is 16.6 Å². The molecule has 1 N–H and O–H groups in total. The minimum Gasteiger partial charge on any atom is -0.370 e. The summed E-state index contributed by atoms with van der Waals surface area (Å²) in [6.45, 7) is 10.7. The Bertz CT molecular complexity index is 1180. The molecular weight excluding hydrogens is 534 g/mol. The molecule has 0 amide bonds. The number of benzene rings is 1. The van der Waals surface area contributed by atoms with Gasteiger partial charge in [-0.1, -0.05) is 57.0 Å². The summed E-state index contributed by atoms with van der Waals surface area (Å²) < 4.78 is 2.77. The molecule has 36 heavy (non-hydrogen) atoms. The van der Waals surface area contributed by atoms with Crippen LogP contribution in [0.25, 0.3) is 16.9 Å². The molecular formula is C29H39BrClN5. The van der Waals surface area contributed by atoms with E-state index in [1.807, 2.05) is 35.0 Å². The fourth-order valence-corrected chi connectivity index (χ4v) is 6.81. The molecule has 5 rings (SSSR count). The molecule has 1 saturated heterocycles. The van der Waals surface area contributed by atoms with Gasteiger partial charge < -0.3 is 10.2 Å². The van der Waals surface area contributed by atoms with Crippen LogP contribution in [-0.2, 0) is 0 Å². The topological polar surface area (TPSA) is 45.5 Å². The van der Waals surface area contributed by atoms with Crippen molar-refractivity contribution in [3.63, 3.8) is 0 Å². The first-order valence-electron chi connectivity index (χ1n) is 13.6. The molecule has 0 radical (unpaired) electrons. The number of hydrogen-bond acceptors (Lipinski definition) is 4. The van der Waals surface area contributed by atoms with Gasteiger partial charge in [0, 0.05) is 35.8 Å². The summed E-state index contributed by atoms with van der Waals surface area (Å²) in [5, 5.41) is 9.00. The summed E-state index contributed by atoms with van der Waals surface area (Å²) in [5.74, 6) is 2.48. The zero-order valence-corrected chi connectivity index (χ0v) is 24.2. The van der Waals surface area contributed by atoms with Crippen LogP contribution >= 0.6 is 27.5 Å². The van der Waals surface area contributed by atoms with Crippen LogP contribution in [0.15, 0.2) is 41.0 Å². The highest BCUT2D eigenvalue weighted by Crippen LogP contribution is 2.42. The standard InChI is InChI=1S/C29H39BrClN5/c1-4-29(2,3)21-11-13-22(14-12-21)35-15-7-8-20(19-35)17-32-27-16-26(23-9-5-6-10-25(23)31)34-28-24(30)18-33-36(27)28/h5-6,9-10,16,18,20-22,32H,4,7-8,11-15,17,19H2,1-3H3. The third kappa shape index (κ3) is 5.46. The van der Waals surface area contributed by atoms with Gasteiger partial charge in [-0.05, 0) is 84.3 Å². The van der Waals surface area contributed by atoms with E-state index in [2.05, 4.69) is 58.1 Å². The van der Waals surface area contributed by atoms with Gasteiger partial charge in [0.05, 0.1) is 16.4 Å². The fourth-order valence-electron chi connectivity index (χ4n) is 6.22. The summed E-state index contributed by atoms with van der Waals surface area (Å²) >= 11 is 10.1. The van der Waals surface area contributed by atoms with Crippen molar-refractivity contribution in [1.29, 1.82) is 0 Å². The van der Waals surface area contributed by atoms with E-state index >= 15 is 0 Å². The first-order valence-corrected chi connectivity index (χ1v) is 14.8. The molecule has 2 aliphatic rings. The number of aromatic nitrogens is 3. The number of rotatable bonds is 7. The summed E-state index contributed by atoms with van der Waals surface area (Å²) in [6.07, 6.45) is 11.2. The van der Waals surface area contributed by atoms with Crippen LogP contribution in [0.5, 0.6) is 0 Å². The Labute approximate surface area is 229 Å². The maximum absolute atomic E-state index is 6.51. The number of halogens is 2. The molecule has 194 valence electrons. The Balaban J connectivity index is 1.26. The van der Waals surface area contributed by atoms with Crippen molar-refractivity contribution in [3.05, 3.63) is 46.0 Å². The molecule has 1 unspecified atom stereocenters. The Hall–Kier alpha value is -1.63. The summed E-state index contributed by atoms with van der Waals surface area (Å²) in [7, 11) is 0. The van der Waals surface area contributed by atoms with Gasteiger partial charge >= 0.3 is 0 Å². The van der Waals surface area contributed by atoms with Crippen molar-refractivity contribution in [2.45, 2.75) is 71.8 Å². The third-order valence-corrected chi connectivity index (χ3v) is 9.82. The minimum absolute atomic E-state index is 0.486. The Morgan fingerprint density at radius 3 is 2.67 bits per heavy atom. The van der Waals surface area contributed by atoms with Gasteiger partial charge in [0.15, 0.2) is 5.65 Å². The van der Waals surface area contributed by atoms with Crippen molar-refractivity contribution < 1.29 is 0 Å². The van der Waals surface area contributed by atoms with E-state index in [0.29, 0.717) is 16.4 Å². The lowest BCUT2D eigenvalue weighted by Gasteiger charge is -2.44. The molecule has 0 bridgehead atoms. The molecule has 7 heteroatoms. The average Bonchev–Trinajstić information content (AvgIpc) is 3.28. The average molecular weight is 573 g/mol. The molecule has 3 aromatic rings. The van der Waals surface area contributed by atoms with E-state index in [-0.39, 0.29) is 0 Å². The van der Waals surface area contributed by atoms with E-state index < -0.39 is 0 Å². The number of nitrogens with one attached hydrogen (secondary N) is 1. The van der Waals surface area contributed by atoms with E-state index in [1.165, 1.54) is 58.0 Å². The predicted molar refractivity (Wildman–Crippen MR) is 154 cm³/mol. The lowest BCUT2D eigenvalue weighted by molar-refractivity contribution is 0.0608. The van der Waals surface area contributed by atoms with Gasteiger partial charge in [-0.2, -0.15) is 9.61 Å². The Morgan fingerprint density at radius 2 is 1.92 bits per heavy atom. The van der Waals surface area contributed by atoms with Crippen LogP contribution in [0.2, 0.25) is 5.02 Å². The number of hydrogen-bond donors (Lipinski definition) is 1. The lowest BCUT2D eigenvalue weighted by atomic mass is 9.68. The van der Waals surface area contributed by atoms with Crippen molar-refractivity contribution >= 4 is 39.0 Å². The summed E-state index contributed by atoms with van der Waals surface area (Å²) in [4.78, 5) is 7.64. The van der Waals surface area contributed by atoms with Crippen LogP contribution in [0.3, 0.4) is 0 Å². The largest absolute Gasteiger partial charge is 0.370 e. The van der Waals surface area contributed by atoms with Gasteiger partial charge in [0.2, 0.25) is 0 Å². The number of fused-ring (bicyclic) bond motifs is 1. The molecule has 1 saturated carbocycles. The van der Waals surface area contributed by atoms with Crippen LogP contribution in [-0.4, -0.2) is 45.2 Å². The lowest BCUT2D eigenvalue weighted by Crippen LogP contribution is -2.46. The van der Waals surface area contributed by atoms with Gasteiger partial charge in [-0.15, -0.1) is 0 Å². The SMILES string of the molecule is CCC(C)(C)C1CCC(N2CCCC(CNc3cc(-c4ccccc4Cl)nc4c(Br)cnn34)C2)CC1. The highest BCUT2D eigenvalue weighted by molar-refractivity contribution is 9.10. The zero-order chi connectivity index (χ0) is 25.3. The maximum atomic E-state index is 6.51. The van der Waals surface area contributed by atoms with E-state index in [1.54, 1.807) is 0 Å². The second-order valence-electron chi connectivity index (χ2n) is 11.5. The Morgan fingerprint density at radius 1 is 1.14 bits per heavy atom. The summed E-state index contributed by atoms with van der Waals surface area (Å²) in [6, 6.07) is 10.7. The molecule has 0 spiro atoms. The van der Waals surface area contributed by atoms with Gasteiger partial charge in [0.1, 0.15) is 5.82 Å². The number of piperidine rings is 1. The number of anilines is 1. The van der Waals surface area contributed by atoms with Crippen molar-refractivity contribution in [2.75, 3.05) is 25.0 Å². The quantitative estimate of drug-likeness (QED) is 0.312. The molecule has 1 aliphatic heterocycles. The molecule has 2 fully saturated rings. The first-order chi connectivity index (χ1) is 17.4. The van der Waals surface area contributed by atoms with E-state index in [0.717, 1.165) is 45.7 Å². The van der Waals surface area contributed by atoms with Gasteiger partial charge in [0.25, 0.3) is 0 Å². The van der Waals surface area contributed by atoms with E-state index in [9.17, 15) is 0 Å². The van der Waals surface area contributed by atoms with Crippen molar-refractivity contribution in [2.24, 2.45) is 17.3 Å². The van der Waals surface area contributed by atoms with Crippen LogP contribution in [0, 0.1) is 17.3 Å². The van der Waals surface area contributed by atoms with Crippen molar-refractivity contribution in [1.82, 2.24) is 19.5 Å². The number of likely N-dealkylation sites (tertiary alicyclic amines) is 1. The number of nitrogens with zero attached hydrogens (tertiary/aromatic N) is 4. The second-order valence-corrected chi connectivity index (χ2v) is 12.7. The molecule has 3 heterocycles. The van der Waals surface area contributed by atoms with Crippen LogP contribution in [0.1, 0.15) is 65.7 Å². The molecule has 5 nitrogen and oxygen atoms in total. The molecule has 1 aliphatic carbocycles. The Kier molecular flexibility index (Phi) is 7.95. The molecule has 2 aromatic heterocycles. The minimum atomic E-state index is 0.486. The second kappa shape index (κ2) is 11.0. The fraction of sp³-hybridized carbons (Fsp3) is 0.586. The third-order valence-electron chi connectivity index (χ3n) is 8.93. The normalized spacial score (nSPS) is 23.8. The van der Waals surface area contributed by atoms with Crippen LogP contribution < -0.4 is 5.32 Å².